The van der Waals surface area contributed by atoms with E-state index in [1.54, 1.807) is 18.2 Å². The van der Waals surface area contributed by atoms with Crippen LogP contribution in [0.2, 0.25) is 0 Å². The number of rotatable bonds is 4. The molecule has 0 aliphatic carbocycles. The molecule has 0 heterocycles. The molecule has 0 aliphatic heterocycles. The van der Waals surface area contributed by atoms with Gasteiger partial charge in [-0.1, -0.05) is 24.3 Å². The summed E-state index contributed by atoms with van der Waals surface area (Å²) in [6, 6.07) is 9.81. The molecular weight excluding hydrogens is 276 g/mol. The summed E-state index contributed by atoms with van der Waals surface area (Å²) in [7, 11) is 1.20. The highest BCUT2D eigenvalue weighted by molar-refractivity contribution is 5.81. The molecule has 2 aromatic rings. The maximum absolute atomic E-state index is 13.9. The maximum Gasteiger partial charge on any atom is 0.333 e. The Morgan fingerprint density at radius 2 is 1.90 bits per heavy atom. The number of anilines is 1. The average molecular weight is 291 g/mol. The van der Waals surface area contributed by atoms with Crippen LogP contribution in [0, 0.1) is 18.6 Å². The second kappa shape index (κ2) is 6.35. The smallest absolute Gasteiger partial charge is 0.333 e. The Labute approximate surface area is 121 Å². The SMILES string of the molecule is COC(=O)C(Nc1cccc(C)c1)c1cccc(F)c1F. The van der Waals surface area contributed by atoms with E-state index in [0.29, 0.717) is 5.69 Å². The number of aryl methyl sites for hydroxylation is 1. The summed E-state index contributed by atoms with van der Waals surface area (Å²) in [5, 5.41) is 2.87. The Morgan fingerprint density at radius 1 is 1.19 bits per heavy atom. The van der Waals surface area contributed by atoms with Crippen molar-refractivity contribution in [2.75, 3.05) is 12.4 Å². The van der Waals surface area contributed by atoms with Crippen LogP contribution in [0.1, 0.15) is 17.2 Å². The fraction of sp³-hybridized carbons (Fsp3) is 0.188. The van der Waals surface area contributed by atoms with Gasteiger partial charge in [0.25, 0.3) is 0 Å². The highest BCUT2D eigenvalue weighted by atomic mass is 19.2. The van der Waals surface area contributed by atoms with Crippen molar-refractivity contribution in [3.05, 3.63) is 65.2 Å². The molecule has 2 aromatic carbocycles. The molecule has 1 unspecified atom stereocenters. The molecule has 0 radical (unpaired) electrons. The van der Waals surface area contributed by atoms with E-state index >= 15 is 0 Å². The second-order valence-electron chi connectivity index (χ2n) is 4.61. The normalized spacial score (nSPS) is 11.8. The van der Waals surface area contributed by atoms with Gasteiger partial charge in [0.1, 0.15) is 0 Å². The van der Waals surface area contributed by atoms with Gasteiger partial charge < -0.3 is 10.1 Å². The predicted molar refractivity (Wildman–Crippen MR) is 75.9 cm³/mol. The second-order valence-corrected chi connectivity index (χ2v) is 4.61. The summed E-state index contributed by atoms with van der Waals surface area (Å²) in [5.41, 5.74) is 1.50. The predicted octanol–water partition coefficient (Wildman–Crippen LogP) is 3.60. The van der Waals surface area contributed by atoms with E-state index in [2.05, 4.69) is 10.1 Å². The molecule has 0 aromatic heterocycles. The number of carbonyl (C=O) groups is 1. The van der Waals surface area contributed by atoms with Crippen molar-refractivity contribution in [3.63, 3.8) is 0 Å². The molecule has 0 saturated heterocycles. The molecule has 0 amide bonds. The first-order valence-electron chi connectivity index (χ1n) is 6.38. The number of esters is 1. The number of halogens is 2. The van der Waals surface area contributed by atoms with Gasteiger partial charge in [-0.25, -0.2) is 13.6 Å². The molecule has 0 fully saturated rings. The Balaban J connectivity index is 2.39. The van der Waals surface area contributed by atoms with E-state index in [4.69, 9.17) is 0 Å². The monoisotopic (exact) mass is 291 g/mol. The number of methoxy groups -OCH3 is 1. The van der Waals surface area contributed by atoms with Gasteiger partial charge in [0.05, 0.1) is 7.11 Å². The molecule has 110 valence electrons. The van der Waals surface area contributed by atoms with Crippen LogP contribution < -0.4 is 5.32 Å². The van der Waals surface area contributed by atoms with E-state index < -0.39 is 23.6 Å². The molecule has 2 rings (SSSR count). The van der Waals surface area contributed by atoms with Gasteiger partial charge in [-0.2, -0.15) is 0 Å². The van der Waals surface area contributed by atoms with Crippen molar-refractivity contribution in [2.24, 2.45) is 0 Å². The highest BCUT2D eigenvalue weighted by Crippen LogP contribution is 2.25. The van der Waals surface area contributed by atoms with Crippen LogP contribution >= 0.6 is 0 Å². The van der Waals surface area contributed by atoms with Crippen LogP contribution in [0.3, 0.4) is 0 Å². The zero-order valence-corrected chi connectivity index (χ0v) is 11.7. The van der Waals surface area contributed by atoms with E-state index in [0.717, 1.165) is 11.6 Å². The van der Waals surface area contributed by atoms with E-state index in [1.807, 2.05) is 13.0 Å². The minimum absolute atomic E-state index is 0.0941. The van der Waals surface area contributed by atoms with Crippen molar-refractivity contribution >= 4 is 11.7 Å². The van der Waals surface area contributed by atoms with Gasteiger partial charge in [-0.3, -0.25) is 0 Å². The molecule has 21 heavy (non-hydrogen) atoms. The molecule has 1 N–H and O–H groups in total. The Kier molecular flexibility index (Phi) is 4.52. The highest BCUT2D eigenvalue weighted by Gasteiger charge is 2.26. The van der Waals surface area contributed by atoms with Gasteiger partial charge in [0.2, 0.25) is 0 Å². The third kappa shape index (κ3) is 3.37. The van der Waals surface area contributed by atoms with Crippen LogP contribution in [0.5, 0.6) is 0 Å². The molecule has 0 bridgehead atoms. The molecule has 5 heteroatoms. The quantitative estimate of drug-likeness (QED) is 0.875. The lowest BCUT2D eigenvalue weighted by Gasteiger charge is -2.19. The summed E-state index contributed by atoms with van der Waals surface area (Å²) in [6.07, 6.45) is 0. The topological polar surface area (TPSA) is 38.3 Å². The number of ether oxygens (including phenoxy) is 1. The largest absolute Gasteiger partial charge is 0.467 e. The van der Waals surface area contributed by atoms with Crippen LogP contribution in [-0.4, -0.2) is 13.1 Å². The van der Waals surface area contributed by atoms with Crippen LogP contribution in [0.15, 0.2) is 42.5 Å². The van der Waals surface area contributed by atoms with Crippen molar-refractivity contribution in [3.8, 4) is 0 Å². The molecular formula is C16H15F2NO2. The molecule has 0 spiro atoms. The fourth-order valence-corrected chi connectivity index (χ4v) is 2.03. The molecule has 0 saturated carbocycles. The van der Waals surface area contributed by atoms with E-state index in [9.17, 15) is 13.6 Å². The van der Waals surface area contributed by atoms with Crippen molar-refractivity contribution < 1.29 is 18.3 Å². The number of hydrogen-bond acceptors (Lipinski definition) is 3. The minimum atomic E-state index is -1.12. The number of hydrogen-bond donors (Lipinski definition) is 1. The van der Waals surface area contributed by atoms with Gasteiger partial charge in [-0.15, -0.1) is 0 Å². The lowest BCUT2D eigenvalue weighted by Crippen LogP contribution is -2.23. The van der Waals surface area contributed by atoms with Gasteiger partial charge in [0.15, 0.2) is 17.7 Å². The Bertz CT molecular complexity index is 658. The standard InChI is InChI=1S/C16H15F2NO2/c1-10-5-3-6-11(9-10)19-15(16(20)21-2)12-7-4-8-13(17)14(12)18/h3-9,15,19H,1-2H3. The summed E-state index contributed by atoms with van der Waals surface area (Å²) in [5.74, 6) is -2.76. The van der Waals surface area contributed by atoms with E-state index in [-0.39, 0.29) is 5.56 Å². The first-order chi connectivity index (χ1) is 10.0. The number of benzene rings is 2. The molecule has 1 atom stereocenters. The third-order valence-corrected chi connectivity index (χ3v) is 3.06. The number of carbonyl (C=O) groups excluding carboxylic acids is 1. The Morgan fingerprint density at radius 3 is 2.57 bits per heavy atom. The summed E-state index contributed by atoms with van der Waals surface area (Å²) >= 11 is 0. The first-order valence-corrected chi connectivity index (χ1v) is 6.38. The maximum atomic E-state index is 13.9. The summed E-state index contributed by atoms with van der Waals surface area (Å²) in [6.45, 7) is 1.89. The zero-order chi connectivity index (χ0) is 15.4. The molecule has 3 nitrogen and oxygen atoms in total. The number of nitrogens with one attached hydrogen (secondary N) is 1. The van der Waals surface area contributed by atoms with Crippen molar-refractivity contribution in [1.29, 1.82) is 0 Å². The lowest BCUT2D eigenvalue weighted by atomic mass is 10.1. The van der Waals surface area contributed by atoms with Crippen molar-refractivity contribution in [2.45, 2.75) is 13.0 Å². The van der Waals surface area contributed by atoms with Crippen molar-refractivity contribution in [1.82, 2.24) is 0 Å². The summed E-state index contributed by atoms with van der Waals surface area (Å²) in [4.78, 5) is 11.9. The lowest BCUT2D eigenvalue weighted by molar-refractivity contribution is -0.141. The van der Waals surface area contributed by atoms with Gasteiger partial charge in [0, 0.05) is 11.3 Å². The van der Waals surface area contributed by atoms with Gasteiger partial charge >= 0.3 is 5.97 Å². The van der Waals surface area contributed by atoms with Gasteiger partial charge in [-0.05, 0) is 30.7 Å². The minimum Gasteiger partial charge on any atom is -0.467 e. The zero-order valence-electron chi connectivity index (χ0n) is 11.7. The van der Waals surface area contributed by atoms with E-state index in [1.165, 1.54) is 19.2 Å². The van der Waals surface area contributed by atoms with Crippen LogP contribution in [-0.2, 0) is 9.53 Å². The molecule has 0 aliphatic rings. The Hall–Kier alpha value is -2.43. The third-order valence-electron chi connectivity index (χ3n) is 3.06. The van der Waals surface area contributed by atoms with Crippen LogP contribution in [0.4, 0.5) is 14.5 Å². The first kappa shape index (κ1) is 15.0. The van der Waals surface area contributed by atoms with Crippen LogP contribution in [0.25, 0.3) is 0 Å². The summed E-state index contributed by atoms with van der Waals surface area (Å²) < 4.78 is 31.9. The fourth-order valence-electron chi connectivity index (χ4n) is 2.03. The average Bonchev–Trinajstić information content (AvgIpc) is 2.47.